The van der Waals surface area contributed by atoms with Gasteiger partial charge in [0.2, 0.25) is 0 Å². The number of benzodiazepines with no additional fused rings is 1. The summed E-state index contributed by atoms with van der Waals surface area (Å²) in [5, 5.41) is 0.590. The maximum absolute atomic E-state index is 14.2. The van der Waals surface area contributed by atoms with Crippen molar-refractivity contribution in [2.24, 2.45) is 4.99 Å². The summed E-state index contributed by atoms with van der Waals surface area (Å²) in [7, 11) is 0. The number of halogens is 2. The van der Waals surface area contributed by atoms with Crippen molar-refractivity contribution < 1.29 is 4.39 Å². The molecule has 2 aromatic carbocycles. The lowest BCUT2D eigenvalue weighted by molar-refractivity contribution is 0.625. The van der Waals surface area contributed by atoms with Gasteiger partial charge >= 0.3 is 0 Å². The number of aliphatic imine (C=N–C) groups is 1. The smallest absolute Gasteiger partial charge is 0.132 e. The topological polar surface area (TPSA) is 15.6 Å². The maximum atomic E-state index is 14.2. The molecule has 112 valence electrons. The molecule has 0 aliphatic carbocycles. The van der Waals surface area contributed by atoms with Gasteiger partial charge in [-0.1, -0.05) is 36.0 Å². The van der Waals surface area contributed by atoms with Gasteiger partial charge in [-0.2, -0.15) is 0 Å². The molecule has 2 nitrogen and oxygen atoms in total. The normalized spacial score (nSPS) is 14.4. The van der Waals surface area contributed by atoms with Gasteiger partial charge < -0.3 is 4.90 Å². The molecule has 0 spiro atoms. The Morgan fingerprint density at radius 1 is 1.23 bits per heavy atom. The van der Waals surface area contributed by atoms with E-state index in [9.17, 15) is 4.39 Å². The molecule has 0 atom stereocenters. The molecule has 3 rings (SSSR count). The summed E-state index contributed by atoms with van der Waals surface area (Å²) in [6.07, 6.45) is 0. The molecule has 0 N–H and O–H groups in total. The molecule has 0 saturated heterocycles. The summed E-state index contributed by atoms with van der Waals surface area (Å²) >= 11 is 11.6. The van der Waals surface area contributed by atoms with Crippen LogP contribution in [0.25, 0.3) is 0 Å². The Morgan fingerprint density at radius 3 is 2.73 bits per heavy atom. The van der Waals surface area contributed by atoms with Gasteiger partial charge in [-0.3, -0.25) is 4.99 Å². The van der Waals surface area contributed by atoms with E-state index in [0.29, 0.717) is 22.8 Å². The Labute approximate surface area is 139 Å². The first-order chi connectivity index (χ1) is 10.6. The van der Waals surface area contributed by atoms with Crippen molar-refractivity contribution in [2.75, 3.05) is 18.0 Å². The quantitative estimate of drug-likeness (QED) is 0.753. The average molecular weight is 333 g/mol. The van der Waals surface area contributed by atoms with Crippen molar-refractivity contribution in [3.05, 3.63) is 64.4 Å². The van der Waals surface area contributed by atoms with E-state index in [4.69, 9.17) is 23.8 Å². The maximum Gasteiger partial charge on any atom is 0.132 e. The molecule has 0 bridgehead atoms. The molecular formula is C17H14ClFN2S. The van der Waals surface area contributed by atoms with Crippen molar-refractivity contribution in [1.82, 2.24) is 0 Å². The van der Waals surface area contributed by atoms with Crippen LogP contribution in [-0.4, -0.2) is 23.8 Å². The largest absolute Gasteiger partial charge is 0.334 e. The van der Waals surface area contributed by atoms with Crippen molar-refractivity contribution in [2.45, 2.75) is 6.92 Å². The minimum Gasteiger partial charge on any atom is -0.334 e. The predicted octanol–water partition coefficient (Wildman–Crippen LogP) is 4.48. The van der Waals surface area contributed by atoms with Gasteiger partial charge in [-0.05, 0) is 37.3 Å². The summed E-state index contributed by atoms with van der Waals surface area (Å²) in [4.78, 5) is 7.28. The van der Waals surface area contributed by atoms with E-state index >= 15 is 0 Å². The molecule has 0 amide bonds. The lowest BCUT2D eigenvalue weighted by Crippen LogP contribution is -2.30. The molecular weight excluding hydrogens is 319 g/mol. The van der Waals surface area contributed by atoms with Crippen LogP contribution in [-0.2, 0) is 0 Å². The molecule has 0 fully saturated rings. The fraction of sp³-hybridized carbons (Fsp3) is 0.176. The molecule has 1 heterocycles. The van der Waals surface area contributed by atoms with E-state index in [0.717, 1.165) is 22.8 Å². The van der Waals surface area contributed by atoms with E-state index in [1.54, 1.807) is 18.2 Å². The monoisotopic (exact) mass is 332 g/mol. The van der Waals surface area contributed by atoms with Gasteiger partial charge in [0.05, 0.1) is 17.9 Å². The van der Waals surface area contributed by atoms with Crippen LogP contribution in [0, 0.1) is 5.82 Å². The number of hydrogen-bond acceptors (Lipinski definition) is 2. The first-order valence-corrected chi connectivity index (χ1v) is 7.80. The highest BCUT2D eigenvalue weighted by molar-refractivity contribution is 7.80. The predicted molar refractivity (Wildman–Crippen MR) is 94.0 cm³/mol. The lowest BCUT2D eigenvalue weighted by Gasteiger charge is -2.23. The number of fused-ring (bicyclic) bond motifs is 1. The third-order valence-electron chi connectivity index (χ3n) is 3.62. The van der Waals surface area contributed by atoms with Crippen LogP contribution >= 0.6 is 23.8 Å². The third-order valence-corrected chi connectivity index (χ3v) is 4.21. The molecule has 0 aromatic heterocycles. The second-order valence-electron chi connectivity index (χ2n) is 4.94. The van der Waals surface area contributed by atoms with Crippen LogP contribution in [0.15, 0.2) is 47.5 Å². The van der Waals surface area contributed by atoms with Crippen LogP contribution in [0.2, 0.25) is 5.02 Å². The summed E-state index contributed by atoms with van der Waals surface area (Å²) in [6.45, 7) is 3.12. The minimum atomic E-state index is -0.303. The highest BCUT2D eigenvalue weighted by Crippen LogP contribution is 2.30. The van der Waals surface area contributed by atoms with Crippen molar-refractivity contribution >= 4 is 40.2 Å². The van der Waals surface area contributed by atoms with Crippen molar-refractivity contribution in [3.8, 4) is 0 Å². The second-order valence-corrected chi connectivity index (χ2v) is 5.85. The number of benzene rings is 2. The Morgan fingerprint density at radius 2 is 2.00 bits per heavy atom. The number of anilines is 1. The Hall–Kier alpha value is -1.78. The number of nitrogens with zero attached hydrogens (tertiary/aromatic N) is 2. The fourth-order valence-corrected chi connectivity index (χ4v) is 3.08. The number of rotatable bonds is 2. The summed E-state index contributed by atoms with van der Waals surface area (Å²) in [5.74, 6) is -0.303. The van der Waals surface area contributed by atoms with Gasteiger partial charge in [0.15, 0.2) is 0 Å². The van der Waals surface area contributed by atoms with Gasteiger partial charge in [0.1, 0.15) is 10.8 Å². The van der Waals surface area contributed by atoms with E-state index in [2.05, 4.69) is 4.99 Å². The van der Waals surface area contributed by atoms with Crippen molar-refractivity contribution in [3.63, 3.8) is 0 Å². The standard InChI is InChI=1S/C17H14ClFN2S/c1-2-21-15-8-7-11(18)9-13(15)17(20-10-16(21)22)12-5-3-4-6-14(12)19/h3-9H,2,10H2,1H3. The lowest BCUT2D eigenvalue weighted by atomic mass is 9.99. The molecule has 0 unspecified atom stereocenters. The number of hydrogen-bond donors (Lipinski definition) is 0. The fourth-order valence-electron chi connectivity index (χ4n) is 2.62. The van der Waals surface area contributed by atoms with Gasteiger partial charge in [0, 0.05) is 22.7 Å². The minimum absolute atomic E-state index is 0.303. The van der Waals surface area contributed by atoms with E-state index < -0.39 is 0 Å². The van der Waals surface area contributed by atoms with Crippen LogP contribution < -0.4 is 4.90 Å². The summed E-state index contributed by atoms with van der Waals surface area (Å²) in [5.41, 5.74) is 2.77. The van der Waals surface area contributed by atoms with E-state index in [-0.39, 0.29) is 5.82 Å². The van der Waals surface area contributed by atoms with E-state index in [1.807, 2.05) is 30.0 Å². The zero-order valence-corrected chi connectivity index (χ0v) is 13.6. The number of likely N-dealkylation sites (N-methyl/N-ethyl adjacent to an activating group) is 1. The first-order valence-electron chi connectivity index (χ1n) is 7.01. The van der Waals surface area contributed by atoms with Crippen LogP contribution in [0.1, 0.15) is 18.1 Å². The van der Waals surface area contributed by atoms with Crippen LogP contribution in [0.5, 0.6) is 0 Å². The third kappa shape index (κ3) is 2.64. The molecule has 1 aliphatic heterocycles. The Bertz CT molecular complexity index is 773. The second kappa shape index (κ2) is 6.15. The van der Waals surface area contributed by atoms with Gasteiger partial charge in [-0.15, -0.1) is 0 Å². The van der Waals surface area contributed by atoms with Crippen LogP contribution in [0.4, 0.5) is 10.1 Å². The van der Waals surface area contributed by atoms with Crippen LogP contribution in [0.3, 0.4) is 0 Å². The average Bonchev–Trinajstić information content (AvgIpc) is 2.64. The molecule has 0 radical (unpaired) electrons. The summed E-state index contributed by atoms with van der Waals surface area (Å²) < 4.78 is 14.2. The zero-order chi connectivity index (χ0) is 15.7. The van der Waals surface area contributed by atoms with Gasteiger partial charge in [0.25, 0.3) is 0 Å². The van der Waals surface area contributed by atoms with Gasteiger partial charge in [-0.25, -0.2) is 4.39 Å². The first kappa shape index (κ1) is 15.1. The van der Waals surface area contributed by atoms with Crippen molar-refractivity contribution in [1.29, 1.82) is 0 Å². The number of thiocarbonyl (C=S) groups is 1. The molecule has 5 heteroatoms. The highest BCUT2D eigenvalue weighted by Gasteiger charge is 2.23. The SMILES string of the molecule is CCN1C(=S)CN=C(c2ccccc2F)c2cc(Cl)ccc21. The Balaban J connectivity index is 2.25. The molecule has 0 saturated carbocycles. The van der Waals surface area contributed by atoms with E-state index in [1.165, 1.54) is 6.07 Å². The Kier molecular flexibility index (Phi) is 4.23. The summed E-state index contributed by atoms with van der Waals surface area (Å²) in [6, 6.07) is 12.2. The molecule has 22 heavy (non-hydrogen) atoms. The molecule has 1 aliphatic rings. The zero-order valence-electron chi connectivity index (χ0n) is 12.0. The highest BCUT2D eigenvalue weighted by atomic mass is 35.5. The molecule has 2 aromatic rings.